The number of halogens is 2. The van der Waals surface area contributed by atoms with Crippen molar-refractivity contribution in [3.63, 3.8) is 0 Å². The van der Waals surface area contributed by atoms with Gasteiger partial charge in [-0.2, -0.15) is 0 Å². The van der Waals surface area contributed by atoms with Crippen molar-refractivity contribution in [1.82, 2.24) is 10.6 Å². The van der Waals surface area contributed by atoms with E-state index in [4.69, 9.17) is 9.47 Å². The van der Waals surface area contributed by atoms with E-state index in [1.165, 1.54) is 14.2 Å². The highest BCUT2D eigenvalue weighted by Gasteiger charge is 2.34. The van der Waals surface area contributed by atoms with Crippen LogP contribution in [0.2, 0.25) is 0 Å². The molecule has 1 aromatic rings. The van der Waals surface area contributed by atoms with E-state index in [-0.39, 0.29) is 0 Å². The summed E-state index contributed by atoms with van der Waals surface area (Å²) in [5.74, 6) is 0.0118. The summed E-state index contributed by atoms with van der Waals surface area (Å²) in [5.41, 5.74) is 1.41. The minimum atomic E-state index is -0.676. The fraction of sp³-hybridized carbons (Fsp3) is 0.286. The Morgan fingerprint density at radius 2 is 1.95 bits per heavy atom. The number of methoxy groups -OCH3 is 2. The summed E-state index contributed by atoms with van der Waals surface area (Å²) >= 11 is 6.81. The zero-order valence-electron chi connectivity index (χ0n) is 12.1. The second-order valence-electron chi connectivity index (χ2n) is 4.57. The summed E-state index contributed by atoms with van der Waals surface area (Å²) in [6, 6.07) is 2.54. The first-order valence-corrected chi connectivity index (χ1v) is 7.87. The molecule has 0 spiro atoms. The van der Waals surface area contributed by atoms with E-state index in [9.17, 15) is 9.59 Å². The van der Waals surface area contributed by atoms with Gasteiger partial charge in [-0.1, -0.05) is 15.9 Å². The Labute approximate surface area is 144 Å². The number of urea groups is 1. The Bertz CT molecular complexity index is 673. The van der Waals surface area contributed by atoms with Crippen LogP contribution in [0.4, 0.5) is 4.79 Å². The molecule has 0 saturated carbocycles. The number of carbonyl (C=O) groups is 2. The summed E-state index contributed by atoms with van der Waals surface area (Å²) in [5, 5.41) is 5.30. The van der Waals surface area contributed by atoms with E-state index in [1.807, 2.05) is 6.07 Å². The first-order chi connectivity index (χ1) is 10.4. The Morgan fingerprint density at radius 1 is 1.27 bits per heavy atom. The molecule has 0 fully saturated rings. The number of hydrogen-bond acceptors (Lipinski definition) is 4. The van der Waals surface area contributed by atoms with Crippen molar-refractivity contribution in [3.05, 3.63) is 37.9 Å². The maximum atomic E-state index is 12.1. The number of hydrogen-bond donors (Lipinski definition) is 2. The van der Waals surface area contributed by atoms with Crippen LogP contribution in [0.25, 0.3) is 0 Å². The molecule has 1 aliphatic rings. The molecule has 1 heterocycles. The molecule has 22 heavy (non-hydrogen) atoms. The highest BCUT2D eigenvalue weighted by atomic mass is 79.9. The van der Waals surface area contributed by atoms with Crippen molar-refractivity contribution in [3.8, 4) is 5.75 Å². The zero-order valence-corrected chi connectivity index (χ0v) is 15.3. The lowest BCUT2D eigenvalue weighted by molar-refractivity contribution is -0.136. The lowest BCUT2D eigenvalue weighted by Gasteiger charge is -2.29. The van der Waals surface area contributed by atoms with Crippen molar-refractivity contribution in [2.45, 2.75) is 13.0 Å². The van der Waals surface area contributed by atoms with Gasteiger partial charge >= 0.3 is 12.0 Å². The van der Waals surface area contributed by atoms with E-state index in [0.717, 1.165) is 4.47 Å². The highest BCUT2D eigenvalue weighted by molar-refractivity contribution is 9.11. The van der Waals surface area contributed by atoms with Gasteiger partial charge in [0.05, 0.1) is 30.3 Å². The topological polar surface area (TPSA) is 76.7 Å². The third-order valence-corrected chi connectivity index (χ3v) is 4.27. The third kappa shape index (κ3) is 3.12. The molecule has 2 rings (SSSR count). The largest absolute Gasteiger partial charge is 0.495 e. The molecule has 1 aliphatic heterocycles. The number of carbonyl (C=O) groups excluding carboxylic acids is 2. The number of esters is 1. The van der Waals surface area contributed by atoms with E-state index < -0.39 is 18.0 Å². The van der Waals surface area contributed by atoms with Gasteiger partial charge in [-0.05, 0) is 35.0 Å². The number of benzene rings is 1. The summed E-state index contributed by atoms with van der Waals surface area (Å²) in [7, 11) is 2.82. The summed E-state index contributed by atoms with van der Waals surface area (Å²) in [6.07, 6.45) is 0. The van der Waals surface area contributed by atoms with Crippen LogP contribution < -0.4 is 15.4 Å². The lowest BCUT2D eigenvalue weighted by Crippen LogP contribution is -2.45. The van der Waals surface area contributed by atoms with Crippen LogP contribution in [0.3, 0.4) is 0 Å². The average Bonchev–Trinajstić information content (AvgIpc) is 2.45. The van der Waals surface area contributed by atoms with E-state index in [1.54, 1.807) is 13.0 Å². The zero-order chi connectivity index (χ0) is 16.4. The minimum absolute atomic E-state index is 0.324. The molecular formula is C14H14Br2N2O4. The molecule has 8 heteroatoms. The van der Waals surface area contributed by atoms with E-state index >= 15 is 0 Å². The van der Waals surface area contributed by atoms with Crippen molar-refractivity contribution < 1.29 is 19.1 Å². The van der Waals surface area contributed by atoms with Crippen LogP contribution in [0, 0.1) is 0 Å². The first-order valence-electron chi connectivity index (χ1n) is 6.28. The Balaban J connectivity index is 2.65. The van der Waals surface area contributed by atoms with Gasteiger partial charge in [-0.3, -0.25) is 0 Å². The van der Waals surface area contributed by atoms with Crippen LogP contribution in [-0.2, 0) is 9.53 Å². The van der Waals surface area contributed by atoms with Crippen molar-refractivity contribution in [2.24, 2.45) is 0 Å². The Morgan fingerprint density at radius 3 is 2.55 bits per heavy atom. The molecule has 1 atom stereocenters. The molecule has 0 radical (unpaired) electrons. The summed E-state index contributed by atoms with van der Waals surface area (Å²) in [6.45, 7) is 1.65. The maximum absolute atomic E-state index is 12.1. The van der Waals surface area contributed by atoms with Gasteiger partial charge < -0.3 is 20.1 Å². The number of amides is 2. The van der Waals surface area contributed by atoms with E-state index in [0.29, 0.717) is 27.1 Å². The number of nitrogens with one attached hydrogen (secondary N) is 2. The van der Waals surface area contributed by atoms with Gasteiger partial charge in [-0.25, -0.2) is 9.59 Å². The van der Waals surface area contributed by atoms with Gasteiger partial charge in [0.1, 0.15) is 5.75 Å². The fourth-order valence-corrected chi connectivity index (χ4v) is 3.74. The first kappa shape index (κ1) is 16.8. The van der Waals surface area contributed by atoms with Gasteiger partial charge in [-0.15, -0.1) is 0 Å². The summed E-state index contributed by atoms with van der Waals surface area (Å²) < 4.78 is 11.7. The Kier molecular flexibility index (Phi) is 5.12. The molecular weight excluding hydrogens is 420 g/mol. The van der Waals surface area contributed by atoms with Crippen molar-refractivity contribution in [2.75, 3.05) is 14.2 Å². The predicted octanol–water partition coefficient (Wildman–Crippen LogP) is 3.02. The molecule has 0 aliphatic carbocycles. The fourth-order valence-electron chi connectivity index (χ4n) is 2.32. The third-order valence-electron chi connectivity index (χ3n) is 3.23. The Hall–Kier alpha value is -1.54. The smallest absolute Gasteiger partial charge is 0.337 e. The maximum Gasteiger partial charge on any atom is 0.337 e. The molecule has 0 aromatic heterocycles. The van der Waals surface area contributed by atoms with E-state index in [2.05, 4.69) is 42.5 Å². The number of ether oxygens (including phenoxy) is 2. The average molecular weight is 434 g/mol. The number of rotatable bonds is 3. The van der Waals surface area contributed by atoms with Gasteiger partial charge in [0, 0.05) is 15.7 Å². The van der Waals surface area contributed by atoms with Crippen LogP contribution in [0.5, 0.6) is 5.75 Å². The monoisotopic (exact) mass is 432 g/mol. The molecule has 0 bridgehead atoms. The number of allylic oxidation sites excluding steroid dienone is 1. The van der Waals surface area contributed by atoms with Crippen molar-refractivity contribution >= 4 is 43.9 Å². The molecule has 1 unspecified atom stereocenters. The van der Waals surface area contributed by atoms with Gasteiger partial charge in [0.15, 0.2) is 0 Å². The molecule has 1 aromatic carbocycles. The SMILES string of the molecule is COC(=O)C1=C(C)NC(=O)NC1c1cc(Br)cc(Br)c1OC. The van der Waals surface area contributed by atoms with Gasteiger partial charge in [0.25, 0.3) is 0 Å². The molecule has 0 saturated heterocycles. The molecule has 2 N–H and O–H groups in total. The minimum Gasteiger partial charge on any atom is -0.495 e. The molecule has 2 amide bonds. The predicted molar refractivity (Wildman–Crippen MR) is 87.5 cm³/mol. The normalized spacial score (nSPS) is 17.7. The molecule has 6 nitrogen and oxygen atoms in total. The van der Waals surface area contributed by atoms with Crippen LogP contribution in [0.15, 0.2) is 32.3 Å². The van der Waals surface area contributed by atoms with Crippen LogP contribution in [0.1, 0.15) is 18.5 Å². The van der Waals surface area contributed by atoms with Crippen molar-refractivity contribution in [1.29, 1.82) is 0 Å². The molecule has 118 valence electrons. The quantitative estimate of drug-likeness (QED) is 0.718. The lowest BCUT2D eigenvalue weighted by atomic mass is 9.95. The second kappa shape index (κ2) is 6.70. The van der Waals surface area contributed by atoms with Gasteiger partial charge in [0.2, 0.25) is 0 Å². The standard InChI is InChI=1S/C14H14Br2N2O4/c1-6-10(13(19)22-3)11(18-14(20)17-6)8-4-7(15)5-9(16)12(8)21-2/h4-5,11H,1-3H3,(H2,17,18,20). The van der Waals surface area contributed by atoms with Crippen LogP contribution >= 0.6 is 31.9 Å². The highest BCUT2D eigenvalue weighted by Crippen LogP contribution is 2.39. The van der Waals surface area contributed by atoms with Crippen LogP contribution in [-0.4, -0.2) is 26.2 Å². The summed E-state index contributed by atoms with van der Waals surface area (Å²) in [4.78, 5) is 23.9. The second-order valence-corrected chi connectivity index (χ2v) is 6.34.